The van der Waals surface area contributed by atoms with Gasteiger partial charge in [-0.15, -0.1) is 0 Å². The van der Waals surface area contributed by atoms with Gasteiger partial charge in [-0.3, -0.25) is 19.2 Å². The van der Waals surface area contributed by atoms with Crippen LogP contribution in [0.3, 0.4) is 0 Å². The normalized spacial score (nSPS) is 18.1. The second-order valence-electron chi connectivity index (χ2n) is 15.2. The van der Waals surface area contributed by atoms with E-state index in [2.05, 4.69) is 10.2 Å². The third-order valence-corrected chi connectivity index (χ3v) is 11.7. The van der Waals surface area contributed by atoms with Crippen LogP contribution in [0.1, 0.15) is 35.6 Å². The van der Waals surface area contributed by atoms with Gasteiger partial charge in [0.25, 0.3) is 17.0 Å². The summed E-state index contributed by atoms with van der Waals surface area (Å²) >= 11 is 0. The minimum Gasteiger partial charge on any atom is -0.394 e. The van der Waals surface area contributed by atoms with Crippen LogP contribution in [0.15, 0.2) is 149 Å². The Labute approximate surface area is 338 Å². The molecule has 0 unspecified atom stereocenters. The Morgan fingerprint density at radius 2 is 1.39 bits per heavy atom. The van der Waals surface area contributed by atoms with Crippen molar-refractivity contribution in [2.24, 2.45) is 5.92 Å². The average Bonchev–Trinajstić information content (AvgIpc) is 3.48. The lowest BCUT2D eigenvalue weighted by Gasteiger charge is -2.36. The van der Waals surface area contributed by atoms with Gasteiger partial charge >= 0.3 is 0 Å². The van der Waals surface area contributed by atoms with E-state index < -0.39 is 17.4 Å². The molecule has 0 saturated heterocycles. The predicted octanol–water partition coefficient (Wildman–Crippen LogP) is 5.35. The molecule has 59 heavy (non-hydrogen) atoms. The van der Waals surface area contributed by atoms with E-state index in [4.69, 9.17) is 0 Å². The molecule has 2 amide bonds. The van der Waals surface area contributed by atoms with Gasteiger partial charge in [0, 0.05) is 35.2 Å². The van der Waals surface area contributed by atoms with Crippen molar-refractivity contribution in [3.8, 4) is 11.4 Å². The molecule has 0 spiro atoms. The number of aliphatic hydroxyl groups is 2. The van der Waals surface area contributed by atoms with E-state index in [9.17, 15) is 29.4 Å². The molecule has 0 saturated carbocycles. The van der Waals surface area contributed by atoms with E-state index in [1.165, 1.54) is 14.3 Å². The third kappa shape index (κ3) is 6.52. The van der Waals surface area contributed by atoms with Gasteiger partial charge in [-0.2, -0.15) is 19.6 Å². The molecule has 12 heteroatoms. The first-order valence-electron chi connectivity index (χ1n) is 19.5. The first-order chi connectivity index (χ1) is 28.6. The third-order valence-electron chi connectivity index (χ3n) is 11.7. The number of carbonyl (C=O) groups is 2. The smallest absolute Gasteiger partial charge is 0.279 e. The summed E-state index contributed by atoms with van der Waals surface area (Å²) in [5, 5.41) is 34.0. The maximum atomic E-state index is 14.6. The van der Waals surface area contributed by atoms with E-state index in [1.54, 1.807) is 91.0 Å². The van der Waals surface area contributed by atoms with Crippen LogP contribution >= 0.6 is 0 Å². The second kappa shape index (κ2) is 15.1. The van der Waals surface area contributed by atoms with Crippen molar-refractivity contribution >= 4 is 39.0 Å². The molecule has 7 aromatic rings. The monoisotopic (exact) mass is 784 g/mol. The first kappa shape index (κ1) is 37.6. The van der Waals surface area contributed by atoms with Gasteiger partial charge in [-0.05, 0) is 65.6 Å². The molecule has 3 atom stereocenters. The maximum absolute atomic E-state index is 14.6. The van der Waals surface area contributed by atoms with Crippen LogP contribution in [-0.2, 0) is 34.7 Å². The van der Waals surface area contributed by atoms with Crippen molar-refractivity contribution in [3.05, 3.63) is 183 Å². The average molecular weight is 785 g/mol. The zero-order valence-corrected chi connectivity index (χ0v) is 32.2. The minimum absolute atomic E-state index is 0.00178. The number of benzene rings is 5. The number of hydrogen-bond acceptors (Lipinski definition) is 8. The lowest BCUT2D eigenvalue weighted by molar-refractivity contribution is -0.139. The molecule has 9 rings (SSSR count). The van der Waals surface area contributed by atoms with Crippen molar-refractivity contribution in [3.63, 3.8) is 0 Å². The highest BCUT2D eigenvalue weighted by Gasteiger charge is 2.52. The number of hydrogen-bond donors (Lipinski definition) is 2. The summed E-state index contributed by atoms with van der Waals surface area (Å²) in [6.45, 7) is 2.03. The number of carbonyl (C=O) groups excluding carboxylic acids is 2. The lowest BCUT2D eigenvalue weighted by Crippen LogP contribution is -2.46. The maximum Gasteiger partial charge on any atom is 0.279 e. The van der Waals surface area contributed by atoms with Crippen molar-refractivity contribution in [1.29, 1.82) is 0 Å². The van der Waals surface area contributed by atoms with Gasteiger partial charge in [-0.25, -0.2) is 0 Å². The van der Waals surface area contributed by atoms with Crippen LogP contribution in [-0.4, -0.2) is 59.1 Å². The van der Waals surface area contributed by atoms with Gasteiger partial charge in [0.05, 0.1) is 59.4 Å². The van der Waals surface area contributed by atoms with Crippen LogP contribution in [0.2, 0.25) is 0 Å². The van der Waals surface area contributed by atoms with Crippen LogP contribution in [0.25, 0.3) is 32.9 Å². The molecule has 2 aliphatic rings. The van der Waals surface area contributed by atoms with Crippen molar-refractivity contribution in [2.75, 3.05) is 11.5 Å². The second-order valence-corrected chi connectivity index (χ2v) is 15.2. The largest absolute Gasteiger partial charge is 0.394 e. The minimum atomic E-state index is -2.08. The number of aliphatic hydroxyl groups excluding tert-OH is 1. The van der Waals surface area contributed by atoms with E-state index in [1.807, 2.05) is 60.7 Å². The molecule has 0 radical (unpaired) electrons. The van der Waals surface area contributed by atoms with E-state index in [-0.39, 0.29) is 42.6 Å². The summed E-state index contributed by atoms with van der Waals surface area (Å²) in [6.07, 6.45) is 7.14. The molecule has 0 fully saturated rings. The molecule has 12 nitrogen and oxygen atoms in total. The molecular weight excluding hydrogens is 745 g/mol. The lowest BCUT2D eigenvalue weighted by atomic mass is 9.82. The van der Waals surface area contributed by atoms with Crippen LogP contribution in [0.4, 0.5) is 5.69 Å². The number of amides is 2. The number of fused-ring (bicyclic) bond motifs is 4. The molecule has 0 aliphatic carbocycles. The Balaban J connectivity index is 1.03. The Bertz CT molecular complexity index is 2940. The number of anilines is 1. The van der Waals surface area contributed by atoms with E-state index in [0.29, 0.717) is 51.7 Å². The highest BCUT2D eigenvalue weighted by atomic mass is 16.3. The fourth-order valence-electron chi connectivity index (χ4n) is 8.37. The van der Waals surface area contributed by atoms with Gasteiger partial charge in [-0.1, -0.05) is 91.9 Å². The Morgan fingerprint density at radius 1 is 0.797 bits per heavy atom. The summed E-state index contributed by atoms with van der Waals surface area (Å²) in [5.41, 5.74) is 1.89. The number of rotatable bonds is 9. The zero-order chi connectivity index (χ0) is 40.8. The summed E-state index contributed by atoms with van der Waals surface area (Å²) in [5.74, 6) is -1.56. The van der Waals surface area contributed by atoms with Crippen molar-refractivity contribution in [1.82, 2.24) is 24.5 Å². The summed E-state index contributed by atoms with van der Waals surface area (Å²) in [7, 11) is 0. The van der Waals surface area contributed by atoms with Gasteiger partial charge < -0.3 is 20.0 Å². The molecule has 2 N–H and O–H groups in total. The first-order valence-corrected chi connectivity index (χ1v) is 19.5. The molecule has 0 bridgehead atoms. The summed E-state index contributed by atoms with van der Waals surface area (Å²) < 4.78 is 2.59. The number of nitrogens with zero attached hydrogens (tertiary/aromatic N) is 6. The fourth-order valence-corrected chi connectivity index (χ4v) is 8.37. The summed E-state index contributed by atoms with van der Waals surface area (Å²) in [4.78, 5) is 58.3. The molecule has 4 heterocycles. The van der Waals surface area contributed by atoms with E-state index >= 15 is 0 Å². The quantitative estimate of drug-likeness (QED) is 0.186. The van der Waals surface area contributed by atoms with Gasteiger partial charge in [0.2, 0.25) is 5.91 Å². The Kier molecular flexibility index (Phi) is 9.58. The van der Waals surface area contributed by atoms with Gasteiger partial charge in [0.1, 0.15) is 0 Å². The molecule has 5 aromatic carbocycles. The zero-order valence-electron chi connectivity index (χ0n) is 32.2. The van der Waals surface area contributed by atoms with Crippen molar-refractivity contribution < 1.29 is 19.8 Å². The number of aromatic nitrogens is 4. The standard InChI is InChI=1S/C47H40N6O6/c1-30(9-8-16-43(55)50-28-35-13-3-2-10-32(35)23-38(50)29-54)47(59)41-24-37(53-45(57)40-15-7-5-12-34(40)26-49-53)21-22-42(41)51(46(47)58)27-31-17-19-36(20-18-31)52-44(56)39-14-6-4-11-33(39)25-48-52/h2-15,17-22,24-26,30,38,54,59H,16,23,27-29H2,1H3/b9-8+/t30-,38-,47+/m0/s1. The van der Waals surface area contributed by atoms with Crippen LogP contribution in [0.5, 0.6) is 0 Å². The molecule has 2 aromatic heterocycles. The SMILES string of the molecule is C[C@@H](/C=C/CC(=O)N1Cc2ccccc2C[C@H]1CO)[C@]1(O)C(=O)N(Cc2ccc(-n3ncc4ccccc4c3=O)cc2)c2ccc(-n3ncc4ccccc4c3=O)cc21. The predicted molar refractivity (Wildman–Crippen MR) is 224 cm³/mol. The highest BCUT2D eigenvalue weighted by Crippen LogP contribution is 2.46. The van der Waals surface area contributed by atoms with E-state index in [0.717, 1.165) is 22.1 Å². The van der Waals surface area contributed by atoms with Crippen molar-refractivity contribution in [2.45, 2.75) is 44.5 Å². The molecule has 294 valence electrons. The molecular formula is C47H40N6O6. The Hall–Kier alpha value is -7.02. The highest BCUT2D eigenvalue weighted by molar-refractivity contribution is 6.07. The van der Waals surface area contributed by atoms with Crippen LogP contribution < -0.4 is 16.0 Å². The van der Waals surface area contributed by atoms with Crippen LogP contribution in [0, 0.1) is 5.92 Å². The van der Waals surface area contributed by atoms with Gasteiger partial charge in [0.15, 0.2) is 5.60 Å². The summed E-state index contributed by atoms with van der Waals surface area (Å²) in [6, 6.07) is 34.1. The fraction of sp³-hybridized carbons (Fsp3) is 0.191. The topological polar surface area (TPSA) is 151 Å². The molecule has 2 aliphatic heterocycles. The Morgan fingerprint density at radius 3 is 2.05 bits per heavy atom.